The summed E-state index contributed by atoms with van der Waals surface area (Å²) >= 11 is 7.70. The van der Waals surface area contributed by atoms with E-state index < -0.39 is 72.8 Å². The molecule has 2 aliphatic rings. The Morgan fingerprint density at radius 3 is 2.07 bits per heavy atom. The summed E-state index contributed by atoms with van der Waals surface area (Å²) in [4.78, 5) is 33.2. The molecular weight excluding hydrogens is 1180 g/mol. The first-order valence-electron chi connectivity index (χ1n) is 28.2. The molecule has 2 atom stereocenters. The van der Waals surface area contributed by atoms with Gasteiger partial charge in [0.2, 0.25) is 0 Å². The van der Waals surface area contributed by atoms with Gasteiger partial charge < -0.3 is 34.3 Å². The Morgan fingerprint density at radius 1 is 0.821 bits per heavy atom. The average molecular weight is 1260 g/mol. The van der Waals surface area contributed by atoms with E-state index in [1.165, 1.54) is 23.9 Å². The molecule has 2 fully saturated rings. The lowest BCUT2D eigenvalue weighted by Gasteiger charge is -2.37. The van der Waals surface area contributed by atoms with Crippen molar-refractivity contribution in [1.29, 1.82) is 0 Å². The zero-order valence-electron chi connectivity index (χ0n) is 49.3. The third-order valence-electron chi connectivity index (χ3n) is 15.7. The van der Waals surface area contributed by atoms with Gasteiger partial charge in [-0.05, 0) is 167 Å². The van der Waals surface area contributed by atoms with Gasteiger partial charge >= 0.3 is 11.6 Å². The van der Waals surface area contributed by atoms with E-state index in [1.54, 1.807) is 17.0 Å². The first kappa shape index (κ1) is 66.4. The number of carbonyl (C=O) groups is 2. The number of carbonyl (C=O) groups excluding carboxylic acids is 2. The lowest BCUT2D eigenvalue weighted by Crippen LogP contribution is -2.49. The van der Waals surface area contributed by atoms with Gasteiger partial charge in [0.05, 0.1) is 16.7 Å². The number of sulfone groups is 1. The van der Waals surface area contributed by atoms with Crippen LogP contribution in [0.15, 0.2) is 130 Å². The van der Waals surface area contributed by atoms with Crippen LogP contribution in [-0.4, -0.2) is 146 Å². The number of piperazine rings is 1. The molecule has 84 heavy (non-hydrogen) atoms. The van der Waals surface area contributed by atoms with Crippen molar-refractivity contribution in [3.63, 3.8) is 0 Å². The number of aliphatic hydroxyl groups is 1. The van der Waals surface area contributed by atoms with Crippen molar-refractivity contribution < 1.29 is 53.9 Å². The van der Waals surface area contributed by atoms with Crippen LogP contribution in [0.1, 0.15) is 88.4 Å². The highest BCUT2D eigenvalue weighted by Gasteiger charge is 2.49. The maximum Gasteiger partial charge on any atom is 0.501 e. The predicted molar refractivity (Wildman–Crippen MR) is 330 cm³/mol. The predicted octanol–water partition coefficient (Wildman–Crippen LogP) is 12.3. The van der Waals surface area contributed by atoms with E-state index in [2.05, 4.69) is 61.1 Å². The summed E-state index contributed by atoms with van der Waals surface area (Å²) in [6.07, 6.45) is 0.487. The lowest BCUT2D eigenvalue weighted by atomic mass is 9.83. The number of likely N-dealkylation sites (N-methyl/N-ethyl adjacent to an activating group) is 1. The number of anilines is 2. The number of piperidine rings is 1. The Morgan fingerprint density at radius 2 is 1.46 bits per heavy atom. The summed E-state index contributed by atoms with van der Waals surface area (Å²) in [6, 6.07) is 31.0. The number of sulfonamides is 1. The third kappa shape index (κ3) is 17.7. The standard InChI is InChI=1S/C61H80ClF3N6O9S3Si/c1-59(2,3)80-58(74)71-35-33-69(34-36-71)41-43-15-25-52(44-16-20-47(62)21-17-44)53(39-43)56(72)45-27-31-70(32-28-45)49-22-18-46(19-23-49)57(73)67-83(77,78)51-24-26-54(55(40-51)82(75,76)61(63,64)65)66-48(42-81-50-13-11-10-12-14-50)29-30-68(7)37-38-79-84(8,9)60(4,5)6/h10-26,39-40,45,48,56,66,72H,27-38,41-42H2,1-9H3,(H,67,73). The van der Waals surface area contributed by atoms with Crippen LogP contribution in [0.25, 0.3) is 11.1 Å². The summed E-state index contributed by atoms with van der Waals surface area (Å²) < 4.78 is 111. The molecule has 3 N–H and O–H groups in total. The molecule has 0 aliphatic carbocycles. The van der Waals surface area contributed by atoms with Gasteiger partial charge in [0.25, 0.3) is 25.8 Å². The number of aliphatic hydroxyl groups excluding tert-OH is 1. The Hall–Kier alpha value is -5.17. The molecule has 2 heterocycles. The van der Waals surface area contributed by atoms with Gasteiger partial charge in [-0.25, -0.2) is 26.4 Å². The molecule has 15 nitrogen and oxygen atoms in total. The van der Waals surface area contributed by atoms with Gasteiger partial charge in [-0.15, -0.1) is 11.8 Å². The normalized spacial score (nSPS) is 16.1. The molecule has 7 rings (SSSR count). The summed E-state index contributed by atoms with van der Waals surface area (Å²) in [5.74, 6) is -0.865. The first-order chi connectivity index (χ1) is 39.3. The van der Waals surface area contributed by atoms with E-state index in [0.717, 1.165) is 45.0 Å². The second-order valence-corrected chi connectivity index (χ2v) is 34.1. The number of rotatable bonds is 22. The topological polar surface area (TPSA) is 178 Å². The largest absolute Gasteiger partial charge is 0.501 e. The number of ether oxygens (including phenoxy) is 1. The highest BCUT2D eigenvalue weighted by molar-refractivity contribution is 7.99. The molecular formula is C61H80ClF3N6O9S3Si. The summed E-state index contributed by atoms with van der Waals surface area (Å²) in [5.41, 5.74) is -2.50. The molecule has 0 spiro atoms. The van der Waals surface area contributed by atoms with Crippen LogP contribution in [0.3, 0.4) is 0 Å². The smallest absolute Gasteiger partial charge is 0.444 e. The monoisotopic (exact) mass is 1260 g/mol. The van der Waals surface area contributed by atoms with Crippen molar-refractivity contribution in [2.45, 2.75) is 123 Å². The number of nitrogens with one attached hydrogen (secondary N) is 2. The van der Waals surface area contributed by atoms with Gasteiger partial charge in [-0.2, -0.15) is 13.2 Å². The molecule has 0 aromatic heterocycles. The van der Waals surface area contributed by atoms with Crippen LogP contribution >= 0.6 is 23.4 Å². The maximum atomic E-state index is 14.4. The second kappa shape index (κ2) is 27.7. The molecule has 2 saturated heterocycles. The molecule has 0 radical (unpaired) electrons. The van der Waals surface area contributed by atoms with Crippen molar-refractivity contribution in [2.75, 3.05) is 82.0 Å². The molecule has 0 bridgehead atoms. The summed E-state index contributed by atoms with van der Waals surface area (Å²) in [5, 5.41) is 15.8. The first-order valence-corrected chi connectivity index (χ1v) is 35.5. The van der Waals surface area contributed by atoms with Crippen LogP contribution in [0, 0.1) is 5.92 Å². The number of hydrogen-bond donors (Lipinski definition) is 3. The van der Waals surface area contributed by atoms with Crippen molar-refractivity contribution in [3.05, 3.63) is 137 Å². The van der Waals surface area contributed by atoms with Gasteiger partial charge in [0.1, 0.15) is 10.5 Å². The number of halogens is 4. The van der Waals surface area contributed by atoms with Gasteiger partial charge in [0, 0.05) is 91.9 Å². The fraction of sp³-hybridized carbons (Fsp3) is 0.475. The Labute approximate surface area is 504 Å². The minimum atomic E-state index is -6.13. The van der Waals surface area contributed by atoms with Gasteiger partial charge in [-0.1, -0.05) is 80.9 Å². The van der Waals surface area contributed by atoms with E-state index in [9.17, 15) is 44.7 Å². The molecule has 2 aliphatic heterocycles. The fourth-order valence-electron chi connectivity index (χ4n) is 9.74. The highest BCUT2D eigenvalue weighted by Crippen LogP contribution is 2.40. The Balaban J connectivity index is 1.01. The van der Waals surface area contributed by atoms with Crippen molar-refractivity contribution >= 4 is 74.9 Å². The summed E-state index contributed by atoms with van der Waals surface area (Å²) in [7, 11) is -11.2. The van der Waals surface area contributed by atoms with E-state index >= 15 is 0 Å². The lowest BCUT2D eigenvalue weighted by molar-refractivity contribution is -0.0436. The number of amides is 2. The highest BCUT2D eigenvalue weighted by atomic mass is 35.5. The van der Waals surface area contributed by atoms with Crippen LogP contribution in [0.5, 0.6) is 0 Å². The van der Waals surface area contributed by atoms with Crippen LogP contribution < -0.4 is 14.9 Å². The molecule has 2 unspecified atom stereocenters. The van der Waals surface area contributed by atoms with Crippen LogP contribution in [0.2, 0.25) is 23.2 Å². The van der Waals surface area contributed by atoms with E-state index in [4.69, 9.17) is 20.8 Å². The van der Waals surface area contributed by atoms with Crippen LogP contribution in [0.4, 0.5) is 29.3 Å². The van der Waals surface area contributed by atoms with E-state index in [-0.39, 0.29) is 22.6 Å². The van der Waals surface area contributed by atoms with E-state index in [1.807, 2.05) is 98.1 Å². The Kier molecular flexibility index (Phi) is 21.9. The van der Waals surface area contributed by atoms with Crippen molar-refractivity contribution in [1.82, 2.24) is 19.4 Å². The molecule has 23 heteroatoms. The van der Waals surface area contributed by atoms with Crippen LogP contribution in [-0.2, 0) is 35.6 Å². The number of thioether (sulfide) groups is 1. The van der Waals surface area contributed by atoms with E-state index in [0.29, 0.717) is 102 Å². The third-order valence-corrected chi connectivity index (χ3v) is 24.6. The minimum absolute atomic E-state index is 0.0166. The number of benzene rings is 5. The second-order valence-electron chi connectivity index (χ2n) is 24.2. The summed E-state index contributed by atoms with van der Waals surface area (Å²) in [6.45, 7) is 22.0. The molecule has 458 valence electrons. The average Bonchev–Trinajstić information content (AvgIpc) is 2.60. The van der Waals surface area contributed by atoms with Gasteiger partial charge in [-0.3, -0.25) is 9.69 Å². The SMILES string of the molecule is CN(CCO[Si](C)(C)C(C)(C)C)CCC(CSc1ccccc1)Nc1ccc(S(=O)(=O)NC(=O)c2ccc(N3CCC(C(O)c4cc(CN5CCN(C(=O)OC(C)(C)C)CC5)ccc4-c4ccc(Cl)cc4)CC3)cc2)cc1S(=O)(=O)C(F)(F)F. The van der Waals surface area contributed by atoms with Crippen molar-refractivity contribution in [2.24, 2.45) is 5.92 Å². The Bertz CT molecular complexity index is 3260. The molecule has 5 aromatic carbocycles. The molecule has 2 amide bonds. The maximum absolute atomic E-state index is 14.4. The zero-order chi connectivity index (χ0) is 61.4. The quantitative estimate of drug-likeness (QED) is 0.0440. The number of alkyl halides is 3. The number of hydrogen-bond acceptors (Lipinski definition) is 14. The van der Waals surface area contributed by atoms with Crippen molar-refractivity contribution in [3.8, 4) is 11.1 Å². The fourth-order valence-corrected chi connectivity index (χ4v) is 13.9. The number of nitrogens with zero attached hydrogens (tertiary/aromatic N) is 4. The molecule has 5 aromatic rings. The zero-order valence-corrected chi connectivity index (χ0v) is 53.5. The molecule has 0 saturated carbocycles. The minimum Gasteiger partial charge on any atom is -0.444 e. The van der Waals surface area contributed by atoms with Gasteiger partial charge in [0.15, 0.2) is 8.32 Å².